The molecule has 30 heavy (non-hydrogen) atoms. The lowest BCUT2D eigenvalue weighted by Gasteiger charge is -2.22. The summed E-state index contributed by atoms with van der Waals surface area (Å²) >= 11 is 0. The highest BCUT2D eigenvalue weighted by Gasteiger charge is 2.17. The van der Waals surface area contributed by atoms with Crippen molar-refractivity contribution >= 4 is 17.3 Å². The summed E-state index contributed by atoms with van der Waals surface area (Å²) < 4.78 is 22.9. The van der Waals surface area contributed by atoms with Gasteiger partial charge in [0.2, 0.25) is 5.95 Å². The monoisotopic (exact) mass is 403 g/mol. The van der Waals surface area contributed by atoms with Crippen LogP contribution >= 0.6 is 0 Å². The van der Waals surface area contributed by atoms with Crippen molar-refractivity contribution in [3.63, 3.8) is 0 Å². The molecule has 3 aromatic heterocycles. The normalized spacial score (nSPS) is 14.7. The molecule has 5 rings (SSSR count). The van der Waals surface area contributed by atoms with E-state index < -0.39 is 5.82 Å². The molecule has 1 aliphatic heterocycles. The van der Waals surface area contributed by atoms with Gasteiger partial charge in [0, 0.05) is 25.0 Å². The molecule has 4 heterocycles. The minimum Gasteiger partial charge on any atom is -0.381 e. The van der Waals surface area contributed by atoms with Gasteiger partial charge in [0.25, 0.3) is 0 Å². The van der Waals surface area contributed by atoms with Gasteiger partial charge in [-0.05, 0) is 36.6 Å². The Morgan fingerprint density at radius 1 is 1.17 bits per heavy atom. The van der Waals surface area contributed by atoms with Crippen LogP contribution in [-0.2, 0) is 4.74 Å². The van der Waals surface area contributed by atoms with Gasteiger partial charge < -0.3 is 10.1 Å². The van der Waals surface area contributed by atoms with Crippen molar-refractivity contribution in [2.24, 2.45) is 0 Å². The number of halogens is 1. The molecule has 0 radical (unpaired) electrons. The molecule has 0 spiro atoms. The third kappa shape index (κ3) is 3.49. The van der Waals surface area contributed by atoms with Crippen molar-refractivity contribution in [2.45, 2.75) is 18.9 Å². The molecule has 0 atom stereocenters. The summed E-state index contributed by atoms with van der Waals surface area (Å²) in [4.78, 5) is 4.54. The first kappa shape index (κ1) is 18.3. The number of pyridine rings is 1. The minimum absolute atomic E-state index is 0.320. The molecular formula is C21H18FN7O. The van der Waals surface area contributed by atoms with E-state index in [0.29, 0.717) is 28.8 Å². The third-order valence-corrected chi connectivity index (χ3v) is 5.15. The molecule has 1 N–H and O–H groups in total. The number of ether oxygens (including phenoxy) is 1. The molecule has 0 unspecified atom stereocenters. The van der Waals surface area contributed by atoms with Gasteiger partial charge in [0.1, 0.15) is 5.82 Å². The van der Waals surface area contributed by atoms with Crippen LogP contribution < -0.4 is 5.32 Å². The second-order valence-electron chi connectivity index (χ2n) is 7.14. The van der Waals surface area contributed by atoms with Crippen LogP contribution in [-0.4, -0.2) is 37.6 Å². The first-order chi connectivity index (χ1) is 14.7. The van der Waals surface area contributed by atoms with E-state index in [9.17, 15) is 4.39 Å². The van der Waals surface area contributed by atoms with Crippen LogP contribution in [0.25, 0.3) is 16.8 Å². The van der Waals surface area contributed by atoms with Crippen molar-refractivity contribution in [2.75, 3.05) is 18.5 Å². The van der Waals surface area contributed by atoms with Gasteiger partial charge in [-0.15, -0.1) is 5.10 Å². The summed E-state index contributed by atoms with van der Waals surface area (Å²) in [6.45, 7) is 1.48. The van der Waals surface area contributed by atoms with E-state index in [2.05, 4.69) is 26.6 Å². The molecular weight excluding hydrogens is 385 g/mol. The quantitative estimate of drug-likeness (QED) is 0.559. The zero-order chi connectivity index (χ0) is 20.5. The fourth-order valence-electron chi connectivity index (χ4n) is 3.62. The number of nitriles is 1. The number of anilines is 2. The molecule has 1 aliphatic rings. The maximum atomic E-state index is 14.2. The number of nitrogens with one attached hydrogen (secondary N) is 1. The lowest BCUT2D eigenvalue weighted by molar-refractivity contribution is 0.0662. The number of benzene rings is 1. The fourth-order valence-corrected chi connectivity index (χ4v) is 3.62. The third-order valence-electron chi connectivity index (χ3n) is 5.15. The second kappa shape index (κ2) is 7.57. The number of hydrogen-bond acceptors (Lipinski definition) is 6. The molecule has 4 aromatic rings. The van der Waals surface area contributed by atoms with E-state index in [4.69, 9.17) is 10.00 Å². The number of rotatable bonds is 4. The molecule has 0 saturated carbocycles. The van der Waals surface area contributed by atoms with E-state index in [1.807, 2.05) is 10.9 Å². The van der Waals surface area contributed by atoms with Crippen molar-refractivity contribution in [1.29, 1.82) is 5.26 Å². The maximum absolute atomic E-state index is 14.2. The van der Waals surface area contributed by atoms with Crippen molar-refractivity contribution in [3.05, 3.63) is 60.3 Å². The van der Waals surface area contributed by atoms with Crippen LogP contribution in [0.1, 0.15) is 24.4 Å². The maximum Gasteiger partial charge on any atom is 0.247 e. The number of fused-ring (bicyclic) bond motifs is 1. The van der Waals surface area contributed by atoms with E-state index in [1.54, 1.807) is 30.5 Å². The first-order valence-electron chi connectivity index (χ1n) is 9.65. The van der Waals surface area contributed by atoms with Gasteiger partial charge in [-0.3, -0.25) is 4.68 Å². The van der Waals surface area contributed by atoms with E-state index in [-0.39, 0.29) is 0 Å². The molecule has 150 valence electrons. The van der Waals surface area contributed by atoms with Gasteiger partial charge >= 0.3 is 0 Å². The van der Waals surface area contributed by atoms with E-state index in [1.165, 1.54) is 16.8 Å². The lowest BCUT2D eigenvalue weighted by Crippen LogP contribution is -2.19. The summed E-state index contributed by atoms with van der Waals surface area (Å²) in [5.74, 6) is -0.0762. The predicted octanol–water partition coefficient (Wildman–Crippen LogP) is 3.70. The number of nitrogens with zero attached hydrogens (tertiary/aromatic N) is 6. The highest BCUT2D eigenvalue weighted by molar-refractivity contribution is 5.78. The summed E-state index contributed by atoms with van der Waals surface area (Å²) in [6.07, 6.45) is 6.79. The number of hydrogen-bond donors (Lipinski definition) is 1. The van der Waals surface area contributed by atoms with Crippen LogP contribution in [0.4, 0.5) is 16.0 Å². The van der Waals surface area contributed by atoms with Gasteiger partial charge in [-0.1, -0.05) is 12.1 Å². The largest absolute Gasteiger partial charge is 0.381 e. The summed E-state index contributed by atoms with van der Waals surface area (Å²) in [5.41, 5.74) is 3.16. The fraction of sp³-hybridized carbons (Fsp3) is 0.238. The van der Waals surface area contributed by atoms with Crippen LogP contribution in [0.3, 0.4) is 0 Å². The first-order valence-corrected chi connectivity index (χ1v) is 9.65. The Labute approximate surface area is 171 Å². The van der Waals surface area contributed by atoms with E-state index in [0.717, 1.165) is 37.3 Å². The number of aromatic nitrogens is 5. The predicted molar refractivity (Wildman–Crippen MR) is 108 cm³/mol. The second-order valence-corrected chi connectivity index (χ2v) is 7.14. The molecule has 1 saturated heterocycles. The molecule has 0 amide bonds. The minimum atomic E-state index is -0.425. The van der Waals surface area contributed by atoms with Crippen LogP contribution in [0.2, 0.25) is 0 Å². The van der Waals surface area contributed by atoms with Gasteiger partial charge in [0.05, 0.1) is 35.8 Å². The Hall–Kier alpha value is -3.77. The molecule has 9 heteroatoms. The van der Waals surface area contributed by atoms with Crippen molar-refractivity contribution in [1.82, 2.24) is 24.4 Å². The van der Waals surface area contributed by atoms with Crippen LogP contribution in [0.15, 0.2) is 48.9 Å². The summed E-state index contributed by atoms with van der Waals surface area (Å²) in [6, 6.07) is 10.7. The average Bonchev–Trinajstić information content (AvgIpc) is 3.41. The highest BCUT2D eigenvalue weighted by Crippen LogP contribution is 2.27. The standard InChI is InChI=1S/C21H18FN7O/c22-16-9-19(15-3-1-14(10-23)2-4-15)20-26-21(27-29(20)12-16)25-17-11-24-28(13-17)18-5-7-30-8-6-18/h1-4,9,11-13,18H,5-8H2,(H,25,27). The summed E-state index contributed by atoms with van der Waals surface area (Å²) in [7, 11) is 0. The molecule has 0 aliphatic carbocycles. The van der Waals surface area contributed by atoms with Crippen LogP contribution in [0, 0.1) is 17.1 Å². The smallest absolute Gasteiger partial charge is 0.247 e. The molecule has 1 aromatic carbocycles. The zero-order valence-corrected chi connectivity index (χ0v) is 16.0. The summed E-state index contributed by atoms with van der Waals surface area (Å²) in [5, 5.41) is 20.9. The molecule has 1 fully saturated rings. The van der Waals surface area contributed by atoms with E-state index >= 15 is 0 Å². The lowest BCUT2D eigenvalue weighted by atomic mass is 10.1. The Bertz CT molecular complexity index is 1230. The Kier molecular flexibility index (Phi) is 4.61. The van der Waals surface area contributed by atoms with Gasteiger partial charge in [-0.25, -0.2) is 8.91 Å². The average molecular weight is 403 g/mol. The molecule has 8 nitrogen and oxygen atoms in total. The SMILES string of the molecule is N#Cc1ccc(-c2cc(F)cn3nc(Nc4cnn(C5CCOCC5)c4)nc23)cc1. The van der Waals surface area contributed by atoms with Crippen molar-refractivity contribution < 1.29 is 9.13 Å². The van der Waals surface area contributed by atoms with Gasteiger partial charge in [-0.2, -0.15) is 15.3 Å². The van der Waals surface area contributed by atoms with Crippen molar-refractivity contribution in [3.8, 4) is 17.2 Å². The topological polar surface area (TPSA) is 93.1 Å². The van der Waals surface area contributed by atoms with Crippen LogP contribution in [0.5, 0.6) is 0 Å². The van der Waals surface area contributed by atoms with Gasteiger partial charge in [0.15, 0.2) is 5.65 Å². The zero-order valence-electron chi connectivity index (χ0n) is 16.0. The highest BCUT2D eigenvalue weighted by atomic mass is 19.1. The Morgan fingerprint density at radius 3 is 2.73 bits per heavy atom. The Balaban J connectivity index is 1.45. The molecule has 0 bridgehead atoms. The Morgan fingerprint density at radius 2 is 1.97 bits per heavy atom.